The van der Waals surface area contributed by atoms with Gasteiger partial charge in [0, 0.05) is 32.7 Å². The Morgan fingerprint density at radius 1 is 1.45 bits per heavy atom. The van der Waals surface area contributed by atoms with Crippen LogP contribution in [0.15, 0.2) is 27.4 Å². The summed E-state index contributed by atoms with van der Waals surface area (Å²) in [6.45, 7) is 4.15. The SMILES string of the molecule is C[C@@H]1CN(C(=O)c2cccc3c2oc(=O)n3C)CCN1. The molecule has 20 heavy (non-hydrogen) atoms. The molecule has 1 saturated heterocycles. The molecule has 1 aromatic carbocycles. The van der Waals surface area contributed by atoms with Crippen molar-refractivity contribution in [1.29, 1.82) is 0 Å². The highest BCUT2D eigenvalue weighted by atomic mass is 16.4. The summed E-state index contributed by atoms with van der Waals surface area (Å²) in [6, 6.07) is 5.53. The minimum absolute atomic E-state index is 0.0849. The summed E-state index contributed by atoms with van der Waals surface area (Å²) in [5, 5.41) is 3.30. The highest BCUT2D eigenvalue weighted by molar-refractivity contribution is 6.04. The highest BCUT2D eigenvalue weighted by Gasteiger charge is 2.24. The molecular formula is C14H17N3O3. The maximum atomic E-state index is 12.6. The normalized spacial score (nSPS) is 19.5. The quantitative estimate of drug-likeness (QED) is 0.826. The van der Waals surface area contributed by atoms with Crippen molar-refractivity contribution in [2.75, 3.05) is 19.6 Å². The fourth-order valence-electron chi connectivity index (χ4n) is 2.61. The number of aryl methyl sites for hydroxylation is 1. The first-order valence-electron chi connectivity index (χ1n) is 6.69. The molecule has 0 saturated carbocycles. The molecule has 2 aromatic rings. The van der Waals surface area contributed by atoms with Crippen LogP contribution < -0.4 is 11.1 Å². The van der Waals surface area contributed by atoms with Crippen LogP contribution in [0.3, 0.4) is 0 Å². The number of nitrogens with zero attached hydrogens (tertiary/aromatic N) is 2. The van der Waals surface area contributed by atoms with E-state index in [1.165, 1.54) is 4.57 Å². The lowest BCUT2D eigenvalue weighted by molar-refractivity contribution is 0.0710. The van der Waals surface area contributed by atoms with Gasteiger partial charge in [-0.15, -0.1) is 0 Å². The molecule has 0 unspecified atom stereocenters. The second-order valence-electron chi connectivity index (χ2n) is 5.19. The molecule has 1 aromatic heterocycles. The molecular weight excluding hydrogens is 258 g/mol. The molecule has 0 aliphatic carbocycles. The summed E-state index contributed by atoms with van der Waals surface area (Å²) < 4.78 is 6.62. The van der Waals surface area contributed by atoms with E-state index < -0.39 is 5.76 Å². The van der Waals surface area contributed by atoms with Crippen molar-refractivity contribution < 1.29 is 9.21 Å². The largest absolute Gasteiger partial charge is 0.419 e. The van der Waals surface area contributed by atoms with Gasteiger partial charge in [0.15, 0.2) is 5.58 Å². The number of aromatic nitrogens is 1. The standard InChI is InChI=1S/C14H17N3O3/c1-9-8-17(7-6-15-9)13(18)10-4-3-5-11-12(10)20-14(19)16(11)2/h3-5,9,15H,6-8H2,1-2H3/t9-/m1/s1. The third-order valence-electron chi connectivity index (χ3n) is 3.71. The van der Waals surface area contributed by atoms with Crippen LogP contribution in [-0.4, -0.2) is 41.1 Å². The third-order valence-corrected chi connectivity index (χ3v) is 3.71. The summed E-state index contributed by atoms with van der Waals surface area (Å²) in [5.41, 5.74) is 1.47. The van der Waals surface area contributed by atoms with Crippen molar-refractivity contribution in [3.8, 4) is 0 Å². The van der Waals surface area contributed by atoms with Gasteiger partial charge in [-0.2, -0.15) is 0 Å². The van der Waals surface area contributed by atoms with Crippen molar-refractivity contribution >= 4 is 17.0 Å². The molecule has 1 N–H and O–H groups in total. The number of oxazole rings is 1. The number of para-hydroxylation sites is 1. The van der Waals surface area contributed by atoms with Crippen LogP contribution in [-0.2, 0) is 7.05 Å². The fourth-order valence-corrected chi connectivity index (χ4v) is 2.61. The van der Waals surface area contributed by atoms with E-state index in [9.17, 15) is 9.59 Å². The molecule has 6 heteroatoms. The molecule has 106 valence electrons. The van der Waals surface area contributed by atoms with Gasteiger partial charge >= 0.3 is 5.76 Å². The zero-order valence-corrected chi connectivity index (χ0v) is 11.5. The minimum Gasteiger partial charge on any atom is -0.407 e. The van der Waals surface area contributed by atoms with Gasteiger partial charge in [0.2, 0.25) is 0 Å². The Labute approximate surface area is 116 Å². The van der Waals surface area contributed by atoms with Gasteiger partial charge in [0.05, 0.1) is 11.1 Å². The smallest absolute Gasteiger partial charge is 0.407 e. The predicted molar refractivity (Wildman–Crippen MR) is 74.8 cm³/mol. The van der Waals surface area contributed by atoms with E-state index in [0.29, 0.717) is 29.8 Å². The van der Waals surface area contributed by atoms with Crippen LogP contribution in [0.2, 0.25) is 0 Å². The Balaban J connectivity index is 2.03. The summed E-state index contributed by atoms with van der Waals surface area (Å²) >= 11 is 0. The van der Waals surface area contributed by atoms with Crippen LogP contribution in [0.25, 0.3) is 11.1 Å². The molecule has 1 aliphatic rings. The molecule has 0 bridgehead atoms. The lowest BCUT2D eigenvalue weighted by Crippen LogP contribution is -2.51. The summed E-state index contributed by atoms with van der Waals surface area (Å²) in [6.07, 6.45) is 0. The molecule has 0 spiro atoms. The second-order valence-corrected chi connectivity index (χ2v) is 5.19. The number of benzene rings is 1. The monoisotopic (exact) mass is 275 g/mol. The van der Waals surface area contributed by atoms with Gasteiger partial charge in [-0.3, -0.25) is 9.36 Å². The Bertz CT molecular complexity index is 716. The molecule has 1 aliphatic heterocycles. The van der Waals surface area contributed by atoms with E-state index >= 15 is 0 Å². The fraction of sp³-hybridized carbons (Fsp3) is 0.429. The van der Waals surface area contributed by atoms with Crippen LogP contribution in [0.4, 0.5) is 0 Å². The van der Waals surface area contributed by atoms with Gasteiger partial charge in [-0.05, 0) is 19.1 Å². The van der Waals surface area contributed by atoms with Crippen LogP contribution in [0.5, 0.6) is 0 Å². The number of amides is 1. The highest BCUT2D eigenvalue weighted by Crippen LogP contribution is 2.19. The molecule has 2 heterocycles. The van der Waals surface area contributed by atoms with Crippen molar-refractivity contribution in [2.24, 2.45) is 7.05 Å². The number of fused-ring (bicyclic) bond motifs is 1. The van der Waals surface area contributed by atoms with E-state index in [2.05, 4.69) is 5.32 Å². The molecule has 1 fully saturated rings. The van der Waals surface area contributed by atoms with Gasteiger partial charge in [-0.25, -0.2) is 4.79 Å². The first kappa shape index (κ1) is 12.9. The van der Waals surface area contributed by atoms with E-state index in [4.69, 9.17) is 4.42 Å². The van der Waals surface area contributed by atoms with E-state index in [1.54, 1.807) is 30.1 Å². The minimum atomic E-state index is -0.450. The number of nitrogens with one attached hydrogen (secondary N) is 1. The predicted octanol–water partition coefficient (Wildman–Crippen LogP) is 0.565. The first-order valence-corrected chi connectivity index (χ1v) is 6.69. The van der Waals surface area contributed by atoms with Gasteiger partial charge in [-0.1, -0.05) is 6.07 Å². The van der Waals surface area contributed by atoms with E-state index in [1.807, 2.05) is 6.92 Å². The average Bonchev–Trinajstić information content (AvgIpc) is 2.74. The van der Waals surface area contributed by atoms with E-state index in [0.717, 1.165) is 6.54 Å². The number of hydrogen-bond acceptors (Lipinski definition) is 4. The number of carbonyl (C=O) groups excluding carboxylic acids is 1. The maximum Gasteiger partial charge on any atom is 0.419 e. The van der Waals surface area contributed by atoms with Crippen molar-refractivity contribution in [1.82, 2.24) is 14.8 Å². The number of carbonyl (C=O) groups is 1. The Morgan fingerprint density at radius 3 is 3.00 bits per heavy atom. The average molecular weight is 275 g/mol. The zero-order chi connectivity index (χ0) is 14.3. The Hall–Kier alpha value is -2.08. The maximum absolute atomic E-state index is 12.6. The van der Waals surface area contributed by atoms with Crippen LogP contribution >= 0.6 is 0 Å². The van der Waals surface area contributed by atoms with Crippen LogP contribution in [0, 0.1) is 0 Å². The molecule has 3 rings (SSSR count). The molecule has 6 nitrogen and oxygen atoms in total. The van der Waals surface area contributed by atoms with Gasteiger partial charge < -0.3 is 14.6 Å². The summed E-state index contributed by atoms with van der Waals surface area (Å²) in [4.78, 5) is 26.0. The molecule has 1 atom stereocenters. The van der Waals surface area contributed by atoms with Gasteiger partial charge in [0.25, 0.3) is 5.91 Å². The van der Waals surface area contributed by atoms with Crippen LogP contribution in [0.1, 0.15) is 17.3 Å². The molecule has 0 radical (unpaired) electrons. The van der Waals surface area contributed by atoms with Crippen molar-refractivity contribution in [2.45, 2.75) is 13.0 Å². The van der Waals surface area contributed by atoms with Gasteiger partial charge in [0.1, 0.15) is 0 Å². The topological polar surface area (TPSA) is 67.5 Å². The molecule has 1 amide bonds. The lowest BCUT2D eigenvalue weighted by Gasteiger charge is -2.31. The Morgan fingerprint density at radius 2 is 2.25 bits per heavy atom. The number of rotatable bonds is 1. The summed E-state index contributed by atoms with van der Waals surface area (Å²) in [7, 11) is 1.63. The van der Waals surface area contributed by atoms with Crippen molar-refractivity contribution in [3.63, 3.8) is 0 Å². The number of hydrogen-bond donors (Lipinski definition) is 1. The first-order chi connectivity index (χ1) is 9.58. The third kappa shape index (κ3) is 2.02. The van der Waals surface area contributed by atoms with E-state index in [-0.39, 0.29) is 11.9 Å². The number of piperazine rings is 1. The second kappa shape index (κ2) is 4.79. The zero-order valence-electron chi connectivity index (χ0n) is 11.5. The summed E-state index contributed by atoms with van der Waals surface area (Å²) in [5.74, 6) is -0.535. The lowest BCUT2D eigenvalue weighted by atomic mass is 10.1. The van der Waals surface area contributed by atoms with Crippen molar-refractivity contribution in [3.05, 3.63) is 34.3 Å². The Kier molecular flexibility index (Phi) is 3.10.